The topological polar surface area (TPSA) is 79.9 Å². The van der Waals surface area contributed by atoms with Gasteiger partial charge in [-0.05, 0) is 31.9 Å². The van der Waals surface area contributed by atoms with Gasteiger partial charge in [0.25, 0.3) is 0 Å². The van der Waals surface area contributed by atoms with Crippen LogP contribution in [0.3, 0.4) is 0 Å². The molecule has 0 aliphatic carbocycles. The van der Waals surface area contributed by atoms with Crippen molar-refractivity contribution in [3.05, 3.63) is 46.2 Å². The third-order valence-corrected chi connectivity index (χ3v) is 4.88. The highest BCUT2D eigenvalue weighted by atomic mass is 16.5. The van der Waals surface area contributed by atoms with E-state index in [0.29, 0.717) is 31.0 Å². The van der Waals surface area contributed by atoms with E-state index in [0.717, 1.165) is 29.8 Å². The van der Waals surface area contributed by atoms with Crippen molar-refractivity contribution < 1.29 is 19.1 Å². The molecule has 1 saturated heterocycles. The number of urea groups is 1. The summed E-state index contributed by atoms with van der Waals surface area (Å²) in [7, 11) is 0. The fourth-order valence-corrected chi connectivity index (χ4v) is 3.48. The van der Waals surface area contributed by atoms with Crippen LogP contribution < -0.4 is 10.6 Å². The van der Waals surface area contributed by atoms with Gasteiger partial charge in [-0.3, -0.25) is 4.90 Å². The molecule has 2 aliphatic rings. The summed E-state index contributed by atoms with van der Waals surface area (Å²) in [6.07, 6.45) is 0. The van der Waals surface area contributed by atoms with E-state index < -0.39 is 12.0 Å². The van der Waals surface area contributed by atoms with Crippen LogP contribution in [0.5, 0.6) is 0 Å². The summed E-state index contributed by atoms with van der Waals surface area (Å²) in [5, 5.41) is 5.74. The number of aryl methyl sites for hydroxylation is 2. The maximum absolute atomic E-state index is 12.8. The molecule has 2 aliphatic heterocycles. The van der Waals surface area contributed by atoms with Gasteiger partial charge in [0.05, 0.1) is 31.4 Å². The highest BCUT2D eigenvalue weighted by molar-refractivity contribution is 5.95. The minimum Gasteiger partial charge on any atom is -0.463 e. The van der Waals surface area contributed by atoms with Crippen LogP contribution in [0.15, 0.2) is 29.5 Å². The molecule has 27 heavy (non-hydrogen) atoms. The molecule has 0 spiro atoms. The van der Waals surface area contributed by atoms with Crippen LogP contribution >= 0.6 is 0 Å². The molecule has 7 heteroatoms. The summed E-state index contributed by atoms with van der Waals surface area (Å²) in [6.45, 7) is 9.33. The summed E-state index contributed by atoms with van der Waals surface area (Å²) in [5.41, 5.74) is 4.07. The van der Waals surface area contributed by atoms with Crippen molar-refractivity contribution in [3.63, 3.8) is 0 Å². The van der Waals surface area contributed by atoms with Crippen LogP contribution in [0, 0.1) is 13.8 Å². The Hall–Kier alpha value is -2.38. The van der Waals surface area contributed by atoms with E-state index >= 15 is 0 Å². The van der Waals surface area contributed by atoms with Gasteiger partial charge in [-0.2, -0.15) is 0 Å². The first kappa shape index (κ1) is 19.4. The summed E-state index contributed by atoms with van der Waals surface area (Å²) in [6, 6.07) is 5.19. The Morgan fingerprint density at radius 1 is 1.30 bits per heavy atom. The number of benzene rings is 1. The Morgan fingerprint density at radius 2 is 2.04 bits per heavy atom. The van der Waals surface area contributed by atoms with Crippen molar-refractivity contribution >= 4 is 12.0 Å². The molecule has 1 fully saturated rings. The number of carbonyl (C=O) groups excluding carboxylic acids is 2. The van der Waals surface area contributed by atoms with Crippen molar-refractivity contribution in [2.75, 3.05) is 39.5 Å². The lowest BCUT2D eigenvalue weighted by atomic mass is 9.91. The van der Waals surface area contributed by atoms with E-state index in [1.54, 1.807) is 6.92 Å². The van der Waals surface area contributed by atoms with Crippen LogP contribution in [-0.4, -0.2) is 56.4 Å². The minimum absolute atomic E-state index is 0.278. The second-order valence-corrected chi connectivity index (χ2v) is 6.89. The lowest BCUT2D eigenvalue weighted by molar-refractivity contribution is -0.139. The van der Waals surface area contributed by atoms with Gasteiger partial charge in [0.1, 0.15) is 0 Å². The van der Waals surface area contributed by atoms with Crippen molar-refractivity contribution in [3.8, 4) is 0 Å². The summed E-state index contributed by atoms with van der Waals surface area (Å²) < 4.78 is 10.7. The lowest BCUT2D eigenvalue weighted by Crippen LogP contribution is -2.49. The predicted molar refractivity (Wildman–Crippen MR) is 101 cm³/mol. The Labute approximate surface area is 159 Å². The second kappa shape index (κ2) is 8.54. The summed E-state index contributed by atoms with van der Waals surface area (Å²) >= 11 is 0. The number of esters is 1. The molecule has 2 N–H and O–H groups in total. The summed E-state index contributed by atoms with van der Waals surface area (Å²) in [4.78, 5) is 27.4. The van der Waals surface area contributed by atoms with Crippen molar-refractivity contribution in [1.29, 1.82) is 0 Å². The van der Waals surface area contributed by atoms with E-state index in [-0.39, 0.29) is 12.6 Å². The third-order valence-electron chi connectivity index (χ3n) is 4.88. The van der Waals surface area contributed by atoms with Gasteiger partial charge in [0, 0.05) is 25.3 Å². The van der Waals surface area contributed by atoms with Crippen LogP contribution in [-0.2, 0) is 14.3 Å². The third kappa shape index (κ3) is 4.48. The fraction of sp³-hybridized carbons (Fsp3) is 0.500. The first-order valence-corrected chi connectivity index (χ1v) is 9.34. The maximum Gasteiger partial charge on any atom is 0.338 e. The number of amides is 2. The number of carbonyl (C=O) groups is 2. The molecular formula is C20H27N3O4. The largest absolute Gasteiger partial charge is 0.463 e. The SMILES string of the molecule is CCOC(=O)C1=C(CN2CCOCC2)NC(=O)N[C@H]1c1cc(C)ccc1C. The molecule has 0 unspecified atom stereocenters. The Bertz CT molecular complexity index is 754. The second-order valence-electron chi connectivity index (χ2n) is 6.89. The first-order chi connectivity index (χ1) is 13.0. The highest BCUT2D eigenvalue weighted by Gasteiger charge is 2.35. The van der Waals surface area contributed by atoms with Crippen molar-refractivity contribution in [1.82, 2.24) is 15.5 Å². The van der Waals surface area contributed by atoms with Gasteiger partial charge < -0.3 is 20.1 Å². The Kier molecular flexibility index (Phi) is 6.13. The number of hydrogen-bond donors (Lipinski definition) is 2. The van der Waals surface area contributed by atoms with Crippen molar-refractivity contribution in [2.24, 2.45) is 0 Å². The highest BCUT2D eigenvalue weighted by Crippen LogP contribution is 2.30. The fourth-order valence-electron chi connectivity index (χ4n) is 3.48. The Morgan fingerprint density at radius 3 is 2.74 bits per heavy atom. The molecule has 0 saturated carbocycles. The molecule has 7 nitrogen and oxygen atoms in total. The number of morpholine rings is 1. The average molecular weight is 373 g/mol. The lowest BCUT2D eigenvalue weighted by Gasteiger charge is -2.34. The van der Waals surface area contributed by atoms with Crippen molar-refractivity contribution in [2.45, 2.75) is 26.8 Å². The van der Waals surface area contributed by atoms with E-state index in [2.05, 4.69) is 15.5 Å². The number of rotatable bonds is 5. The monoisotopic (exact) mass is 373 g/mol. The van der Waals surface area contributed by atoms with Gasteiger partial charge in [-0.1, -0.05) is 23.8 Å². The molecule has 1 aromatic rings. The zero-order valence-electron chi connectivity index (χ0n) is 16.1. The molecule has 0 aromatic heterocycles. The minimum atomic E-state index is -0.534. The number of nitrogens with zero attached hydrogens (tertiary/aromatic N) is 1. The Balaban J connectivity index is 2.03. The van der Waals surface area contributed by atoms with E-state index in [4.69, 9.17) is 9.47 Å². The van der Waals surface area contributed by atoms with Gasteiger partial charge in [0.2, 0.25) is 0 Å². The van der Waals surface area contributed by atoms with Gasteiger partial charge in [-0.15, -0.1) is 0 Å². The number of hydrogen-bond acceptors (Lipinski definition) is 5. The van der Waals surface area contributed by atoms with Gasteiger partial charge >= 0.3 is 12.0 Å². The average Bonchev–Trinajstić information content (AvgIpc) is 2.64. The number of ether oxygens (including phenoxy) is 2. The predicted octanol–water partition coefficient (Wildman–Crippen LogP) is 1.81. The smallest absolute Gasteiger partial charge is 0.338 e. The van der Waals surface area contributed by atoms with Gasteiger partial charge in [0.15, 0.2) is 0 Å². The van der Waals surface area contributed by atoms with Crippen LogP contribution in [0.4, 0.5) is 4.79 Å². The van der Waals surface area contributed by atoms with E-state index in [1.807, 2.05) is 32.0 Å². The summed E-state index contributed by atoms with van der Waals surface area (Å²) in [5.74, 6) is -0.404. The van der Waals surface area contributed by atoms with Crippen LogP contribution in [0.1, 0.15) is 29.7 Å². The first-order valence-electron chi connectivity index (χ1n) is 9.34. The zero-order chi connectivity index (χ0) is 19.4. The quantitative estimate of drug-likeness (QED) is 0.770. The van der Waals surface area contributed by atoms with E-state index in [1.165, 1.54) is 0 Å². The molecular weight excluding hydrogens is 346 g/mol. The van der Waals surface area contributed by atoms with Crippen LogP contribution in [0.25, 0.3) is 0 Å². The van der Waals surface area contributed by atoms with Gasteiger partial charge in [-0.25, -0.2) is 9.59 Å². The molecule has 1 atom stereocenters. The molecule has 0 radical (unpaired) electrons. The number of nitrogens with one attached hydrogen (secondary N) is 2. The zero-order valence-corrected chi connectivity index (χ0v) is 16.1. The standard InChI is InChI=1S/C20H27N3O4/c1-4-27-19(24)17-16(12-23-7-9-26-10-8-23)21-20(25)22-18(17)15-11-13(2)5-6-14(15)3/h5-6,11,18H,4,7-10,12H2,1-3H3,(H2,21,22,25)/t18-/m0/s1. The normalized spacial score (nSPS) is 20.9. The van der Waals surface area contributed by atoms with E-state index in [9.17, 15) is 9.59 Å². The maximum atomic E-state index is 12.8. The molecule has 2 heterocycles. The van der Waals surface area contributed by atoms with Crippen LogP contribution in [0.2, 0.25) is 0 Å². The molecule has 2 amide bonds. The molecule has 3 rings (SSSR count). The molecule has 0 bridgehead atoms. The molecule has 146 valence electrons. The molecule has 1 aromatic carbocycles.